The first-order valence-electron chi connectivity index (χ1n) is 7.80. The molecule has 0 radical (unpaired) electrons. The average molecular weight is 332 g/mol. The van der Waals surface area contributed by atoms with Crippen LogP contribution in [0.1, 0.15) is 10.5 Å². The number of para-hydroxylation sites is 1. The van der Waals surface area contributed by atoms with Gasteiger partial charge in [-0.2, -0.15) is 0 Å². The van der Waals surface area contributed by atoms with Crippen LogP contribution in [0.5, 0.6) is 0 Å². The number of benzene rings is 1. The Morgan fingerprint density at radius 3 is 2.75 bits per heavy atom. The number of aliphatic hydroxyl groups is 1. The molecule has 1 saturated heterocycles. The summed E-state index contributed by atoms with van der Waals surface area (Å²) in [6.45, 7) is 1.72. The number of H-pyrrole nitrogens is 1. The van der Waals surface area contributed by atoms with Gasteiger partial charge in [0.15, 0.2) is 0 Å². The van der Waals surface area contributed by atoms with E-state index in [4.69, 9.17) is 4.74 Å². The lowest BCUT2D eigenvalue weighted by Gasteiger charge is -2.28. The fraction of sp³-hybridized carbons (Fsp3) is 0.375. The quantitative estimate of drug-likeness (QED) is 0.597. The van der Waals surface area contributed by atoms with Crippen LogP contribution >= 0.6 is 0 Å². The molecule has 0 bridgehead atoms. The molecule has 0 aliphatic carbocycles. The normalized spacial score (nSPS) is 16.7. The SMILES string of the molecule is O=C(N[C@@H](CO)C(=O)NN1CCOCC1)c1cc2ccccc2[nH]1. The molecule has 2 heterocycles. The van der Waals surface area contributed by atoms with Gasteiger partial charge in [0.05, 0.1) is 19.8 Å². The number of rotatable bonds is 5. The number of ether oxygens (including phenoxy) is 1. The van der Waals surface area contributed by atoms with Gasteiger partial charge >= 0.3 is 0 Å². The lowest BCUT2D eigenvalue weighted by Crippen LogP contribution is -2.56. The Hall–Kier alpha value is -2.42. The van der Waals surface area contributed by atoms with Gasteiger partial charge in [0.2, 0.25) is 0 Å². The van der Waals surface area contributed by atoms with Crippen molar-refractivity contribution in [2.24, 2.45) is 0 Å². The molecule has 128 valence electrons. The minimum absolute atomic E-state index is 0.342. The molecule has 1 aromatic heterocycles. The smallest absolute Gasteiger partial charge is 0.268 e. The summed E-state index contributed by atoms with van der Waals surface area (Å²) in [4.78, 5) is 27.5. The first kappa shape index (κ1) is 16.4. The molecule has 0 spiro atoms. The fourth-order valence-electron chi connectivity index (χ4n) is 2.53. The number of nitrogens with one attached hydrogen (secondary N) is 3. The van der Waals surface area contributed by atoms with Gasteiger partial charge < -0.3 is 20.1 Å². The van der Waals surface area contributed by atoms with Crippen molar-refractivity contribution in [1.82, 2.24) is 20.7 Å². The van der Waals surface area contributed by atoms with E-state index in [1.54, 1.807) is 11.1 Å². The van der Waals surface area contributed by atoms with E-state index in [0.29, 0.717) is 32.0 Å². The van der Waals surface area contributed by atoms with Crippen LogP contribution in [-0.2, 0) is 9.53 Å². The van der Waals surface area contributed by atoms with E-state index in [0.717, 1.165) is 10.9 Å². The predicted octanol–water partition coefficient (Wildman–Crippen LogP) is -0.378. The van der Waals surface area contributed by atoms with Crippen LogP contribution in [0.25, 0.3) is 10.9 Å². The summed E-state index contributed by atoms with van der Waals surface area (Å²) in [5.74, 6) is -0.897. The number of amides is 2. The van der Waals surface area contributed by atoms with E-state index in [-0.39, 0.29) is 0 Å². The van der Waals surface area contributed by atoms with Crippen molar-refractivity contribution >= 4 is 22.7 Å². The van der Waals surface area contributed by atoms with E-state index >= 15 is 0 Å². The first-order chi connectivity index (χ1) is 11.7. The Labute approximate surface area is 138 Å². The summed E-state index contributed by atoms with van der Waals surface area (Å²) in [6, 6.07) is 8.18. The van der Waals surface area contributed by atoms with Crippen molar-refractivity contribution in [3.05, 3.63) is 36.0 Å². The number of aromatic nitrogens is 1. The van der Waals surface area contributed by atoms with Gasteiger partial charge in [0, 0.05) is 24.0 Å². The third kappa shape index (κ3) is 3.73. The van der Waals surface area contributed by atoms with Crippen molar-refractivity contribution in [2.45, 2.75) is 6.04 Å². The van der Waals surface area contributed by atoms with E-state index in [9.17, 15) is 14.7 Å². The van der Waals surface area contributed by atoms with E-state index in [2.05, 4.69) is 15.7 Å². The summed E-state index contributed by atoms with van der Waals surface area (Å²) < 4.78 is 5.20. The molecule has 4 N–H and O–H groups in total. The van der Waals surface area contributed by atoms with Crippen molar-refractivity contribution in [2.75, 3.05) is 32.9 Å². The number of hydrazine groups is 1. The van der Waals surface area contributed by atoms with Gasteiger partial charge in [0.25, 0.3) is 11.8 Å². The van der Waals surface area contributed by atoms with E-state index in [1.807, 2.05) is 24.3 Å². The molecule has 0 unspecified atom stereocenters. The molecule has 1 aromatic carbocycles. The minimum atomic E-state index is -1.02. The van der Waals surface area contributed by atoms with Crippen LogP contribution in [0.15, 0.2) is 30.3 Å². The Morgan fingerprint density at radius 2 is 2.04 bits per heavy atom. The zero-order valence-electron chi connectivity index (χ0n) is 13.1. The molecular weight excluding hydrogens is 312 g/mol. The zero-order chi connectivity index (χ0) is 16.9. The highest BCUT2D eigenvalue weighted by atomic mass is 16.5. The Balaban J connectivity index is 1.63. The minimum Gasteiger partial charge on any atom is -0.394 e. The number of carbonyl (C=O) groups excluding carboxylic acids is 2. The summed E-state index contributed by atoms with van der Waals surface area (Å²) in [5, 5.41) is 14.6. The topological polar surface area (TPSA) is 107 Å². The maximum atomic E-state index is 12.3. The molecule has 2 aromatic rings. The number of nitrogens with zero attached hydrogens (tertiary/aromatic N) is 1. The number of fused-ring (bicyclic) bond motifs is 1. The van der Waals surface area contributed by atoms with E-state index < -0.39 is 24.5 Å². The number of carbonyl (C=O) groups is 2. The van der Waals surface area contributed by atoms with Crippen LogP contribution < -0.4 is 10.7 Å². The third-order valence-electron chi connectivity index (χ3n) is 3.86. The van der Waals surface area contributed by atoms with Gasteiger partial charge in [-0.25, -0.2) is 5.01 Å². The maximum absolute atomic E-state index is 12.3. The van der Waals surface area contributed by atoms with Crippen LogP contribution in [0.2, 0.25) is 0 Å². The lowest BCUT2D eigenvalue weighted by atomic mass is 10.2. The summed E-state index contributed by atoms with van der Waals surface area (Å²) in [5.41, 5.74) is 3.86. The van der Waals surface area contributed by atoms with Crippen LogP contribution in [-0.4, -0.2) is 65.9 Å². The number of hydrogen-bond donors (Lipinski definition) is 4. The van der Waals surface area contributed by atoms with Crippen molar-refractivity contribution in [3.63, 3.8) is 0 Å². The second kappa shape index (κ2) is 7.43. The zero-order valence-corrected chi connectivity index (χ0v) is 13.1. The first-order valence-corrected chi connectivity index (χ1v) is 7.80. The van der Waals surface area contributed by atoms with Gasteiger partial charge in [0.1, 0.15) is 11.7 Å². The molecule has 3 rings (SSSR count). The molecule has 24 heavy (non-hydrogen) atoms. The van der Waals surface area contributed by atoms with Gasteiger partial charge in [-0.3, -0.25) is 15.0 Å². The second-order valence-electron chi connectivity index (χ2n) is 5.55. The van der Waals surface area contributed by atoms with Crippen LogP contribution in [0.3, 0.4) is 0 Å². The molecular formula is C16H20N4O4. The summed E-state index contributed by atoms with van der Waals surface area (Å²) in [6.07, 6.45) is 0. The number of hydrogen-bond acceptors (Lipinski definition) is 5. The van der Waals surface area contributed by atoms with Gasteiger partial charge in [-0.15, -0.1) is 0 Å². The van der Waals surface area contributed by atoms with Gasteiger partial charge in [-0.05, 0) is 12.1 Å². The largest absolute Gasteiger partial charge is 0.394 e. The molecule has 0 saturated carbocycles. The van der Waals surface area contributed by atoms with Crippen LogP contribution in [0.4, 0.5) is 0 Å². The van der Waals surface area contributed by atoms with Gasteiger partial charge in [-0.1, -0.05) is 18.2 Å². The van der Waals surface area contributed by atoms with Crippen molar-refractivity contribution in [3.8, 4) is 0 Å². The third-order valence-corrected chi connectivity index (χ3v) is 3.86. The number of aliphatic hydroxyl groups excluding tert-OH is 1. The monoisotopic (exact) mass is 332 g/mol. The Bertz CT molecular complexity index is 691. The van der Waals surface area contributed by atoms with Crippen molar-refractivity contribution in [1.29, 1.82) is 0 Å². The van der Waals surface area contributed by atoms with E-state index in [1.165, 1.54) is 0 Å². The molecule has 2 amide bonds. The second-order valence-corrected chi connectivity index (χ2v) is 5.55. The van der Waals surface area contributed by atoms with Crippen molar-refractivity contribution < 1.29 is 19.4 Å². The predicted molar refractivity (Wildman–Crippen MR) is 87.2 cm³/mol. The average Bonchev–Trinajstić information content (AvgIpc) is 3.04. The number of morpholine rings is 1. The fourth-order valence-corrected chi connectivity index (χ4v) is 2.53. The molecule has 8 heteroatoms. The Morgan fingerprint density at radius 1 is 1.29 bits per heavy atom. The Kier molecular flexibility index (Phi) is 5.09. The summed E-state index contributed by atoms with van der Waals surface area (Å²) in [7, 11) is 0. The maximum Gasteiger partial charge on any atom is 0.268 e. The molecule has 1 aliphatic heterocycles. The molecule has 8 nitrogen and oxygen atoms in total. The molecule has 1 aliphatic rings. The highest BCUT2D eigenvalue weighted by Gasteiger charge is 2.23. The molecule has 1 fully saturated rings. The van der Waals surface area contributed by atoms with Crippen LogP contribution in [0, 0.1) is 0 Å². The number of aromatic amines is 1. The lowest BCUT2D eigenvalue weighted by molar-refractivity contribution is -0.130. The standard InChI is InChI=1S/C16H20N4O4/c21-10-14(16(23)19-20-5-7-24-8-6-20)18-15(22)13-9-11-3-1-2-4-12(11)17-13/h1-4,9,14,17,21H,5-8,10H2,(H,18,22)(H,19,23)/t14-/m0/s1. The summed E-state index contributed by atoms with van der Waals surface area (Å²) >= 11 is 0. The highest BCUT2D eigenvalue weighted by molar-refractivity contribution is 6.00. The highest BCUT2D eigenvalue weighted by Crippen LogP contribution is 2.14. The molecule has 1 atom stereocenters.